The van der Waals surface area contributed by atoms with Crippen molar-refractivity contribution in [3.63, 3.8) is 0 Å². The predicted molar refractivity (Wildman–Crippen MR) is 124 cm³/mol. The van der Waals surface area contributed by atoms with Gasteiger partial charge in [-0.05, 0) is 24.3 Å². The van der Waals surface area contributed by atoms with E-state index in [9.17, 15) is 19.2 Å². The van der Waals surface area contributed by atoms with Crippen LogP contribution in [0.4, 0.5) is 16.2 Å². The highest BCUT2D eigenvalue weighted by Crippen LogP contribution is 2.32. The number of nitrogens with one attached hydrogen (secondary N) is 4. The van der Waals surface area contributed by atoms with E-state index in [1.807, 2.05) is 24.3 Å². The molecule has 1 aliphatic heterocycles. The van der Waals surface area contributed by atoms with Crippen LogP contribution < -0.4 is 21.4 Å². The summed E-state index contributed by atoms with van der Waals surface area (Å²) < 4.78 is 0. The standard InChI is InChI=1S/C23H20N4O5S/c28-16-13-17(33-12-11-24-23(31)26-15-9-5-2-6-10-15)20(29)18-19(27-32-21(16)18)22(30)25-14-7-3-1-4-8-14/h1-10,13,19,27H,11-12H2,(H,25,30)(H2,24,26,31). The molecule has 10 heteroatoms. The van der Waals surface area contributed by atoms with Crippen molar-refractivity contribution in [3.8, 4) is 0 Å². The van der Waals surface area contributed by atoms with Crippen molar-refractivity contribution >= 4 is 46.6 Å². The summed E-state index contributed by atoms with van der Waals surface area (Å²) in [6, 6.07) is 16.2. The highest BCUT2D eigenvalue weighted by Gasteiger charge is 2.43. The third kappa shape index (κ3) is 5.30. The average molecular weight is 465 g/mol. The Morgan fingerprint density at radius 1 is 0.939 bits per heavy atom. The molecule has 168 valence electrons. The SMILES string of the molecule is O=C(NCCSC1=CC(=O)C2=C(C1=O)C(C(=O)Nc1ccccc1)NO2)Nc1ccccc1. The number of para-hydroxylation sites is 2. The van der Waals surface area contributed by atoms with Crippen molar-refractivity contribution in [2.45, 2.75) is 6.04 Å². The van der Waals surface area contributed by atoms with E-state index in [-0.39, 0.29) is 28.8 Å². The molecule has 0 saturated heterocycles. The zero-order chi connectivity index (χ0) is 23.2. The van der Waals surface area contributed by atoms with Gasteiger partial charge in [0, 0.05) is 29.7 Å². The van der Waals surface area contributed by atoms with Gasteiger partial charge in [0.2, 0.25) is 23.2 Å². The fraction of sp³-hybridized carbons (Fsp3) is 0.130. The first-order valence-electron chi connectivity index (χ1n) is 10.1. The molecular weight excluding hydrogens is 444 g/mol. The molecule has 9 nitrogen and oxygen atoms in total. The summed E-state index contributed by atoms with van der Waals surface area (Å²) in [5.74, 6) is -1.29. The Morgan fingerprint density at radius 3 is 2.24 bits per heavy atom. The summed E-state index contributed by atoms with van der Waals surface area (Å²) in [5.41, 5.74) is 3.66. The van der Waals surface area contributed by atoms with Crippen molar-refractivity contribution in [2.75, 3.05) is 22.9 Å². The molecule has 0 saturated carbocycles. The van der Waals surface area contributed by atoms with Gasteiger partial charge in [-0.25, -0.2) is 4.79 Å². The zero-order valence-corrected chi connectivity index (χ0v) is 18.1. The molecule has 0 spiro atoms. The molecule has 1 unspecified atom stereocenters. The van der Waals surface area contributed by atoms with E-state index in [4.69, 9.17) is 4.84 Å². The second-order valence-electron chi connectivity index (χ2n) is 7.05. The first-order chi connectivity index (χ1) is 16.0. The minimum atomic E-state index is -1.12. The van der Waals surface area contributed by atoms with Crippen molar-refractivity contribution in [2.24, 2.45) is 0 Å². The van der Waals surface area contributed by atoms with Gasteiger partial charge in [0.25, 0.3) is 0 Å². The number of carbonyl (C=O) groups excluding carboxylic acids is 4. The monoisotopic (exact) mass is 464 g/mol. The summed E-state index contributed by atoms with van der Waals surface area (Å²) in [5, 5.41) is 8.07. The zero-order valence-electron chi connectivity index (χ0n) is 17.3. The minimum Gasteiger partial charge on any atom is -0.403 e. The number of hydrogen-bond acceptors (Lipinski definition) is 7. The largest absolute Gasteiger partial charge is 0.403 e. The van der Waals surface area contributed by atoms with Gasteiger partial charge >= 0.3 is 6.03 Å². The van der Waals surface area contributed by atoms with Crippen LogP contribution in [0.5, 0.6) is 0 Å². The molecule has 0 radical (unpaired) electrons. The number of allylic oxidation sites excluding steroid dienone is 2. The van der Waals surface area contributed by atoms with Crippen LogP contribution in [0.25, 0.3) is 0 Å². The predicted octanol–water partition coefficient (Wildman–Crippen LogP) is 2.37. The van der Waals surface area contributed by atoms with Gasteiger partial charge in [-0.1, -0.05) is 36.4 Å². The number of urea groups is 1. The Labute approximate surface area is 193 Å². The Kier molecular flexibility index (Phi) is 6.86. The lowest BCUT2D eigenvalue weighted by Crippen LogP contribution is -2.39. The Morgan fingerprint density at radius 2 is 1.58 bits per heavy atom. The number of carbonyl (C=O) groups is 4. The Bertz CT molecular complexity index is 1150. The number of thioether (sulfide) groups is 1. The number of ketones is 2. The average Bonchev–Trinajstić information content (AvgIpc) is 3.27. The van der Waals surface area contributed by atoms with Crippen molar-refractivity contribution < 1.29 is 24.0 Å². The van der Waals surface area contributed by atoms with E-state index >= 15 is 0 Å². The molecule has 2 aromatic rings. The Balaban J connectivity index is 1.32. The maximum absolute atomic E-state index is 13.0. The smallest absolute Gasteiger partial charge is 0.319 e. The number of rotatable bonds is 7. The second kappa shape index (κ2) is 10.2. The lowest BCUT2D eigenvalue weighted by Gasteiger charge is -2.15. The van der Waals surface area contributed by atoms with Crippen LogP contribution in [0.1, 0.15) is 0 Å². The number of hydrogen-bond donors (Lipinski definition) is 4. The van der Waals surface area contributed by atoms with Crippen molar-refractivity contribution in [3.05, 3.63) is 83.0 Å². The number of amides is 3. The molecule has 2 aliphatic rings. The molecule has 1 aliphatic carbocycles. The van der Waals surface area contributed by atoms with Crippen LogP contribution in [0.15, 0.2) is 83.0 Å². The molecule has 4 N–H and O–H groups in total. The van der Waals surface area contributed by atoms with Gasteiger partial charge < -0.3 is 20.8 Å². The van der Waals surface area contributed by atoms with Gasteiger partial charge in [0.1, 0.15) is 0 Å². The van der Waals surface area contributed by atoms with Gasteiger partial charge in [-0.3, -0.25) is 14.4 Å². The lowest BCUT2D eigenvalue weighted by atomic mass is 9.95. The lowest BCUT2D eigenvalue weighted by molar-refractivity contribution is -0.120. The summed E-state index contributed by atoms with van der Waals surface area (Å²) in [6.07, 6.45) is 1.19. The molecule has 4 rings (SSSR count). The van der Waals surface area contributed by atoms with E-state index in [1.54, 1.807) is 36.4 Å². The molecule has 2 aromatic carbocycles. The van der Waals surface area contributed by atoms with Crippen LogP contribution in [0, 0.1) is 0 Å². The summed E-state index contributed by atoms with van der Waals surface area (Å²) in [4.78, 5) is 55.4. The van der Waals surface area contributed by atoms with E-state index < -0.39 is 23.5 Å². The molecule has 1 heterocycles. The molecule has 1 atom stereocenters. The van der Waals surface area contributed by atoms with Crippen LogP contribution in [0.3, 0.4) is 0 Å². The number of hydroxylamine groups is 1. The maximum atomic E-state index is 13.0. The molecule has 0 aromatic heterocycles. The van der Waals surface area contributed by atoms with Crippen LogP contribution in [-0.2, 0) is 19.2 Å². The number of benzene rings is 2. The fourth-order valence-electron chi connectivity index (χ4n) is 3.21. The number of Topliss-reactive ketones (excluding diaryl/α,β-unsaturated/α-hetero) is 1. The second-order valence-corrected chi connectivity index (χ2v) is 8.19. The van der Waals surface area contributed by atoms with E-state index in [2.05, 4.69) is 21.4 Å². The number of anilines is 2. The van der Waals surface area contributed by atoms with Gasteiger partial charge in [-0.15, -0.1) is 17.2 Å². The minimum absolute atomic E-state index is 0.0202. The molecular formula is C23H20N4O5S. The summed E-state index contributed by atoms with van der Waals surface area (Å²) in [6.45, 7) is 0.265. The fourth-order valence-corrected chi connectivity index (χ4v) is 4.07. The van der Waals surface area contributed by atoms with E-state index in [0.29, 0.717) is 17.1 Å². The van der Waals surface area contributed by atoms with Crippen molar-refractivity contribution in [1.29, 1.82) is 0 Å². The highest BCUT2D eigenvalue weighted by atomic mass is 32.2. The first kappa shape index (κ1) is 22.3. The topological polar surface area (TPSA) is 126 Å². The van der Waals surface area contributed by atoms with Gasteiger partial charge in [0.05, 0.1) is 10.5 Å². The van der Waals surface area contributed by atoms with Crippen LogP contribution >= 0.6 is 11.8 Å². The van der Waals surface area contributed by atoms with E-state index in [0.717, 1.165) is 11.8 Å². The van der Waals surface area contributed by atoms with Gasteiger partial charge in [-0.2, -0.15) is 0 Å². The van der Waals surface area contributed by atoms with Crippen LogP contribution in [-0.4, -0.2) is 41.8 Å². The van der Waals surface area contributed by atoms with Crippen molar-refractivity contribution in [1.82, 2.24) is 10.8 Å². The first-order valence-corrected chi connectivity index (χ1v) is 11.1. The third-order valence-electron chi connectivity index (χ3n) is 4.75. The summed E-state index contributed by atoms with van der Waals surface area (Å²) in [7, 11) is 0. The highest BCUT2D eigenvalue weighted by molar-refractivity contribution is 8.04. The normalized spacial score (nSPS) is 17.1. The third-order valence-corrected chi connectivity index (χ3v) is 5.77. The molecule has 0 bridgehead atoms. The van der Waals surface area contributed by atoms with E-state index in [1.165, 1.54) is 6.08 Å². The summed E-state index contributed by atoms with van der Waals surface area (Å²) >= 11 is 1.12. The molecule has 0 fully saturated rings. The quantitative estimate of drug-likeness (QED) is 0.366. The molecule has 33 heavy (non-hydrogen) atoms. The van der Waals surface area contributed by atoms with Gasteiger partial charge in [0.15, 0.2) is 6.04 Å². The Hall–Kier alpha value is -3.89. The molecule has 3 amide bonds. The maximum Gasteiger partial charge on any atom is 0.319 e. The van der Waals surface area contributed by atoms with Crippen LogP contribution in [0.2, 0.25) is 0 Å².